The lowest BCUT2D eigenvalue weighted by Gasteiger charge is -2.45. The summed E-state index contributed by atoms with van der Waals surface area (Å²) in [6.45, 7) is 24.4. The van der Waals surface area contributed by atoms with Gasteiger partial charge in [-0.05, 0) is 60.1 Å². The van der Waals surface area contributed by atoms with Crippen molar-refractivity contribution in [1.29, 1.82) is 0 Å². The van der Waals surface area contributed by atoms with Crippen molar-refractivity contribution in [2.45, 2.75) is 80.6 Å². The standard InChI is InChI=1S/C23H32P2S2/c1-11-13(3)24(26)15(5)22(11,9)19-17(24)18-20(21(19,7)8)23(10)12(2)14(4)25(18,27)16(23)6/h15-16H,1-10H3/t15?,16?,22-,23-,24-,25-/m1/s1. The summed E-state index contributed by atoms with van der Waals surface area (Å²) in [7, 11) is 0. The molecule has 0 saturated heterocycles. The minimum atomic E-state index is -1.74. The average molecular weight is 435 g/mol. The van der Waals surface area contributed by atoms with Crippen LogP contribution in [0.15, 0.2) is 43.5 Å². The zero-order valence-electron chi connectivity index (χ0n) is 18.4. The zero-order valence-corrected chi connectivity index (χ0v) is 21.8. The van der Waals surface area contributed by atoms with E-state index in [1.807, 2.05) is 0 Å². The Balaban J connectivity index is 1.94. The molecule has 2 unspecified atom stereocenters. The summed E-state index contributed by atoms with van der Waals surface area (Å²) >= 11 is 13.4. The molecule has 0 spiro atoms. The van der Waals surface area contributed by atoms with Crippen molar-refractivity contribution in [2.75, 3.05) is 0 Å². The SMILES string of the molecule is CC1=C(C)[P@]2(=S)C3=C(C(C)(C)C4=C3[P@@]3(=S)C(C)=C(C)[C@]4(C)C3C)[C@@]1(C)C2C. The van der Waals surface area contributed by atoms with E-state index in [2.05, 4.69) is 69.2 Å². The van der Waals surface area contributed by atoms with Crippen LogP contribution in [0.4, 0.5) is 0 Å². The smallest absolute Gasteiger partial charge is 0.0192 e. The van der Waals surface area contributed by atoms with Gasteiger partial charge in [0.05, 0.1) is 0 Å². The third-order valence-corrected chi connectivity index (χ3v) is 23.0. The highest BCUT2D eigenvalue weighted by Crippen LogP contribution is 2.96. The summed E-state index contributed by atoms with van der Waals surface area (Å²) in [5.74, 6) is 0. The Kier molecular flexibility index (Phi) is 3.29. The van der Waals surface area contributed by atoms with Crippen LogP contribution in [0, 0.1) is 16.2 Å². The molecule has 0 aromatic heterocycles. The normalized spacial score (nSPS) is 51.9. The van der Waals surface area contributed by atoms with Crippen LogP contribution in [-0.4, -0.2) is 11.3 Å². The molecule has 0 saturated carbocycles. The molecule has 0 radical (unpaired) electrons. The van der Waals surface area contributed by atoms with Crippen LogP contribution in [0.2, 0.25) is 0 Å². The second kappa shape index (κ2) is 4.61. The van der Waals surface area contributed by atoms with Crippen LogP contribution in [0.3, 0.4) is 0 Å². The van der Waals surface area contributed by atoms with Crippen molar-refractivity contribution in [3.05, 3.63) is 43.5 Å². The minimum absolute atomic E-state index is 0.0850. The summed E-state index contributed by atoms with van der Waals surface area (Å²) in [6.07, 6.45) is 0. The van der Waals surface area contributed by atoms with Gasteiger partial charge < -0.3 is 0 Å². The maximum Gasteiger partial charge on any atom is 0.0192 e. The molecule has 1 aliphatic carbocycles. The van der Waals surface area contributed by atoms with Gasteiger partial charge in [0.15, 0.2) is 0 Å². The number of allylic oxidation sites excluding steroid dienone is 8. The van der Waals surface area contributed by atoms with Gasteiger partial charge in [-0.15, -0.1) is 0 Å². The predicted octanol–water partition coefficient (Wildman–Crippen LogP) is 7.93. The van der Waals surface area contributed by atoms with Crippen LogP contribution < -0.4 is 0 Å². The first-order valence-corrected chi connectivity index (χ1v) is 16.0. The van der Waals surface area contributed by atoms with E-state index in [4.69, 9.17) is 23.6 Å². The summed E-state index contributed by atoms with van der Waals surface area (Å²) < 4.78 is 0. The minimum Gasteiger partial charge on any atom is -0.0876 e. The second-order valence-electron chi connectivity index (χ2n) is 10.6. The highest BCUT2D eigenvalue weighted by Gasteiger charge is 2.73. The Morgan fingerprint density at radius 3 is 1.26 bits per heavy atom. The molecular weight excluding hydrogens is 402 g/mol. The molecule has 0 nitrogen and oxygen atoms in total. The van der Waals surface area contributed by atoms with Gasteiger partial charge in [-0.3, -0.25) is 0 Å². The maximum absolute atomic E-state index is 6.69. The van der Waals surface area contributed by atoms with E-state index < -0.39 is 12.1 Å². The van der Waals surface area contributed by atoms with Gasteiger partial charge in [0.2, 0.25) is 0 Å². The van der Waals surface area contributed by atoms with Gasteiger partial charge >= 0.3 is 0 Å². The third kappa shape index (κ3) is 1.42. The zero-order chi connectivity index (χ0) is 20.3. The number of rotatable bonds is 0. The first kappa shape index (κ1) is 19.2. The van der Waals surface area contributed by atoms with Gasteiger partial charge in [-0.1, -0.05) is 76.3 Å². The van der Waals surface area contributed by atoms with Crippen molar-refractivity contribution in [1.82, 2.24) is 0 Å². The summed E-state index contributed by atoms with van der Waals surface area (Å²) in [5.41, 5.74) is 8.02. The van der Waals surface area contributed by atoms with Crippen LogP contribution >= 0.6 is 12.1 Å². The molecule has 0 fully saturated rings. The van der Waals surface area contributed by atoms with Crippen molar-refractivity contribution in [3.8, 4) is 0 Å². The summed E-state index contributed by atoms with van der Waals surface area (Å²) in [4.78, 5) is 0. The molecule has 4 heteroatoms. The first-order chi connectivity index (χ1) is 12.2. The van der Waals surface area contributed by atoms with E-state index in [9.17, 15) is 0 Å². The molecule has 0 aromatic rings. The summed E-state index contributed by atoms with van der Waals surface area (Å²) in [5, 5.41) is 6.39. The molecule has 0 aromatic carbocycles. The molecule has 5 rings (SSSR count). The number of hydrogen-bond donors (Lipinski definition) is 0. The fraction of sp³-hybridized carbons (Fsp3) is 0.652. The first-order valence-electron chi connectivity index (χ1n) is 10.3. The number of hydrogen-bond acceptors (Lipinski definition) is 2. The van der Waals surface area contributed by atoms with Crippen LogP contribution in [0.25, 0.3) is 0 Å². The van der Waals surface area contributed by atoms with Crippen LogP contribution in [0.1, 0.15) is 69.2 Å². The Bertz CT molecular complexity index is 1020. The molecular formula is C23H32P2S2. The molecule has 146 valence electrons. The molecule has 0 amide bonds. The molecule has 4 bridgehead atoms. The highest BCUT2D eigenvalue weighted by molar-refractivity contribution is 8.22. The van der Waals surface area contributed by atoms with E-state index >= 15 is 0 Å². The van der Waals surface area contributed by atoms with E-state index in [-0.39, 0.29) is 16.2 Å². The van der Waals surface area contributed by atoms with E-state index in [1.54, 1.807) is 43.5 Å². The van der Waals surface area contributed by atoms with Crippen molar-refractivity contribution < 1.29 is 0 Å². The Labute approximate surface area is 175 Å². The maximum atomic E-state index is 6.69. The quantitative estimate of drug-likeness (QED) is 0.355. The highest BCUT2D eigenvalue weighted by atomic mass is 32.4. The fourth-order valence-electron chi connectivity index (χ4n) is 8.09. The van der Waals surface area contributed by atoms with Gasteiger partial charge in [0, 0.05) is 39.6 Å². The van der Waals surface area contributed by atoms with E-state index in [0.29, 0.717) is 11.3 Å². The fourth-order valence-corrected chi connectivity index (χ4v) is 21.3. The van der Waals surface area contributed by atoms with Crippen LogP contribution in [0.5, 0.6) is 0 Å². The lowest BCUT2D eigenvalue weighted by atomic mass is 9.58. The van der Waals surface area contributed by atoms with Crippen molar-refractivity contribution in [2.24, 2.45) is 16.2 Å². The molecule has 27 heavy (non-hydrogen) atoms. The van der Waals surface area contributed by atoms with Gasteiger partial charge in [0.1, 0.15) is 0 Å². The van der Waals surface area contributed by atoms with E-state index in [0.717, 1.165) is 0 Å². The Hall–Kier alpha value is 0.260. The molecule has 4 aliphatic heterocycles. The Morgan fingerprint density at radius 1 is 0.667 bits per heavy atom. The van der Waals surface area contributed by atoms with Crippen LogP contribution in [-0.2, 0) is 23.6 Å². The average Bonchev–Trinajstić information content (AvgIpc) is 3.13. The third-order valence-electron chi connectivity index (χ3n) is 10.1. The van der Waals surface area contributed by atoms with E-state index in [1.165, 1.54) is 0 Å². The monoisotopic (exact) mass is 434 g/mol. The molecule has 0 N–H and O–H groups in total. The van der Waals surface area contributed by atoms with Gasteiger partial charge in [-0.25, -0.2) is 0 Å². The largest absolute Gasteiger partial charge is 0.0876 e. The molecule has 5 aliphatic rings. The molecule has 4 heterocycles. The second-order valence-corrected chi connectivity index (χ2v) is 20.4. The number of fused-ring (bicyclic) bond motifs is 9. The Morgan fingerprint density at radius 2 is 0.963 bits per heavy atom. The van der Waals surface area contributed by atoms with Gasteiger partial charge in [0.25, 0.3) is 0 Å². The topological polar surface area (TPSA) is 0 Å². The van der Waals surface area contributed by atoms with Crippen molar-refractivity contribution in [3.63, 3.8) is 0 Å². The lowest BCUT2D eigenvalue weighted by molar-refractivity contribution is 0.328. The van der Waals surface area contributed by atoms with Crippen molar-refractivity contribution >= 4 is 35.7 Å². The lowest BCUT2D eigenvalue weighted by Crippen LogP contribution is -2.38. The molecule has 6 atom stereocenters. The summed E-state index contributed by atoms with van der Waals surface area (Å²) in [6, 6.07) is -3.47. The van der Waals surface area contributed by atoms with Gasteiger partial charge in [-0.2, -0.15) is 0 Å². The predicted molar refractivity (Wildman–Crippen MR) is 128 cm³/mol.